The normalized spacial score (nSPS) is 12.0. The van der Waals surface area contributed by atoms with Gasteiger partial charge in [0.2, 0.25) is 0 Å². The number of rotatable bonds is 21. The summed E-state index contributed by atoms with van der Waals surface area (Å²) in [7, 11) is 2.78. The summed E-state index contributed by atoms with van der Waals surface area (Å²) in [4.78, 5) is 0. The van der Waals surface area contributed by atoms with Crippen LogP contribution in [0.4, 0.5) is 0 Å². The van der Waals surface area contributed by atoms with Gasteiger partial charge in [-0.25, -0.2) is 0 Å². The Morgan fingerprint density at radius 1 is 0.462 bits per heavy atom. The molecule has 0 bridgehead atoms. The van der Waals surface area contributed by atoms with Gasteiger partial charge < -0.3 is 13.3 Å². The van der Waals surface area contributed by atoms with E-state index in [1.54, 1.807) is 21.3 Å². The Kier molecular flexibility index (Phi) is 21.2. The lowest BCUT2D eigenvalue weighted by Gasteiger charge is -2.24. The molecule has 0 unspecified atom stereocenters. The second kappa shape index (κ2) is 20.6. The van der Waals surface area contributed by atoms with Crippen LogP contribution in [0.5, 0.6) is 0 Å². The highest BCUT2D eigenvalue weighted by Gasteiger charge is 2.36. The van der Waals surface area contributed by atoms with Crippen LogP contribution in [0.25, 0.3) is 0 Å². The molecule has 5 heteroatoms. The molecule has 0 saturated heterocycles. The van der Waals surface area contributed by atoms with Gasteiger partial charge in [-0.2, -0.15) is 0 Å². The molecule has 0 fully saturated rings. The van der Waals surface area contributed by atoms with E-state index in [1.807, 2.05) is 0 Å². The van der Waals surface area contributed by atoms with Gasteiger partial charge in [-0.15, -0.1) is 0 Å². The average molecular weight is 501 g/mol. The summed E-state index contributed by atoms with van der Waals surface area (Å²) in [5.41, 5.74) is 0. The van der Waals surface area contributed by atoms with Crippen LogP contribution in [0.15, 0.2) is 0 Å². The van der Waals surface area contributed by atoms with Gasteiger partial charge in [0.15, 0.2) is 0 Å². The minimum absolute atomic E-state index is 0.939. The maximum Gasteiger partial charge on any atom is 0.500 e. The van der Waals surface area contributed by atoms with E-state index < -0.39 is 8.80 Å². The fraction of sp³-hybridized carbons (Fsp3) is 1.00. The Morgan fingerprint density at radius 3 is 1.00 bits per heavy atom. The van der Waals surface area contributed by atoms with Crippen molar-refractivity contribution in [1.82, 2.24) is 0 Å². The lowest BCUT2D eigenvalue weighted by Crippen LogP contribution is -2.42. The van der Waals surface area contributed by atoms with Gasteiger partial charge in [0.1, 0.15) is 0 Å². The van der Waals surface area contributed by atoms with Gasteiger partial charge in [0.05, 0.1) is 0 Å². The molecular weight excluding hydrogens is 455 g/mol. The Bertz CT molecular complexity index is 268. The zero-order valence-electron chi connectivity index (χ0n) is 17.8. The first-order chi connectivity index (χ1) is 12.7. The van der Waals surface area contributed by atoms with Crippen molar-refractivity contribution < 1.29 is 13.3 Å². The molecule has 0 rings (SSSR count). The monoisotopic (exact) mass is 500 g/mol. The maximum atomic E-state index is 5.46. The molecule has 0 aromatic rings. The summed E-state index contributed by atoms with van der Waals surface area (Å²) in [6, 6.07) is 0.939. The quantitative estimate of drug-likeness (QED) is 0.0705. The summed E-state index contributed by atoms with van der Waals surface area (Å²) < 4.78 is 17.7. The average Bonchev–Trinajstić information content (AvgIpc) is 2.68. The van der Waals surface area contributed by atoms with Crippen LogP contribution in [0.3, 0.4) is 0 Å². The lowest BCUT2D eigenvalue weighted by molar-refractivity contribution is 0.122. The van der Waals surface area contributed by atoms with Gasteiger partial charge in [0.25, 0.3) is 0 Å². The summed E-state index contributed by atoms with van der Waals surface area (Å²) >= 11 is 2.48. The van der Waals surface area contributed by atoms with Crippen LogP contribution >= 0.6 is 22.6 Å². The molecule has 0 atom stereocenters. The Balaban J connectivity index is 3.20. The third kappa shape index (κ3) is 15.8. The van der Waals surface area contributed by atoms with Crippen molar-refractivity contribution in [3.8, 4) is 0 Å². The number of hydrogen-bond donors (Lipinski definition) is 0. The predicted molar refractivity (Wildman–Crippen MR) is 124 cm³/mol. The topological polar surface area (TPSA) is 27.7 Å². The van der Waals surface area contributed by atoms with Gasteiger partial charge in [0, 0.05) is 27.4 Å². The van der Waals surface area contributed by atoms with Crippen molar-refractivity contribution in [1.29, 1.82) is 0 Å². The second-order valence-corrected chi connectivity index (χ2v) is 11.6. The SMILES string of the molecule is CO[Si](CCCCCCCCCCCCCCCCCCI)(OC)OC. The molecule has 0 aromatic heterocycles. The molecule has 0 heterocycles. The van der Waals surface area contributed by atoms with E-state index in [2.05, 4.69) is 22.6 Å². The smallest absolute Gasteiger partial charge is 0.377 e. The van der Waals surface area contributed by atoms with Crippen LogP contribution in [-0.2, 0) is 13.3 Å². The largest absolute Gasteiger partial charge is 0.500 e. The van der Waals surface area contributed by atoms with Crippen LogP contribution in [0.1, 0.15) is 103 Å². The summed E-state index contributed by atoms with van der Waals surface area (Å²) in [6.07, 6.45) is 22.4. The van der Waals surface area contributed by atoms with E-state index in [1.165, 1.54) is 101 Å². The van der Waals surface area contributed by atoms with Crippen LogP contribution in [-0.4, -0.2) is 34.6 Å². The van der Waals surface area contributed by atoms with E-state index in [0.717, 1.165) is 12.5 Å². The minimum atomic E-state index is -2.33. The first-order valence-corrected chi connectivity index (χ1v) is 14.4. The third-order valence-electron chi connectivity index (χ3n) is 5.30. The highest BCUT2D eigenvalue weighted by atomic mass is 127. The van der Waals surface area contributed by atoms with Gasteiger partial charge in [-0.1, -0.05) is 112 Å². The van der Waals surface area contributed by atoms with Crippen LogP contribution < -0.4 is 0 Å². The van der Waals surface area contributed by atoms with Crippen molar-refractivity contribution in [2.75, 3.05) is 25.8 Å². The van der Waals surface area contributed by atoms with Crippen molar-refractivity contribution in [2.24, 2.45) is 0 Å². The van der Waals surface area contributed by atoms with E-state index in [-0.39, 0.29) is 0 Å². The van der Waals surface area contributed by atoms with E-state index >= 15 is 0 Å². The zero-order valence-corrected chi connectivity index (χ0v) is 21.0. The number of hydrogen-bond acceptors (Lipinski definition) is 3. The number of alkyl halides is 1. The molecule has 158 valence electrons. The van der Waals surface area contributed by atoms with Gasteiger partial charge in [-0.05, 0) is 17.3 Å². The van der Waals surface area contributed by atoms with Gasteiger partial charge >= 0.3 is 8.80 Å². The fourth-order valence-corrected chi connectivity index (χ4v) is 5.80. The molecule has 0 aliphatic carbocycles. The molecule has 0 N–H and O–H groups in total. The van der Waals surface area contributed by atoms with Crippen molar-refractivity contribution in [3.05, 3.63) is 0 Å². The molecule has 0 aliphatic heterocycles. The minimum Gasteiger partial charge on any atom is -0.377 e. The Morgan fingerprint density at radius 2 is 0.731 bits per heavy atom. The highest BCUT2D eigenvalue weighted by Crippen LogP contribution is 2.19. The first kappa shape index (κ1) is 26.8. The van der Waals surface area contributed by atoms with Crippen molar-refractivity contribution >= 4 is 31.4 Å². The molecule has 0 spiro atoms. The molecular formula is C21H45IO3Si. The number of halogens is 1. The fourth-order valence-electron chi connectivity index (χ4n) is 3.47. The van der Waals surface area contributed by atoms with Gasteiger partial charge in [-0.3, -0.25) is 0 Å². The Hall–Kier alpha value is 0.827. The maximum absolute atomic E-state index is 5.46. The van der Waals surface area contributed by atoms with Crippen molar-refractivity contribution in [3.63, 3.8) is 0 Å². The molecule has 0 aromatic carbocycles. The highest BCUT2D eigenvalue weighted by molar-refractivity contribution is 14.1. The molecule has 0 saturated carbocycles. The second-order valence-electron chi connectivity index (χ2n) is 7.39. The molecule has 3 nitrogen and oxygen atoms in total. The zero-order chi connectivity index (χ0) is 19.3. The molecule has 0 amide bonds. The third-order valence-corrected chi connectivity index (χ3v) is 8.89. The van der Waals surface area contributed by atoms with Crippen LogP contribution in [0, 0.1) is 0 Å². The van der Waals surface area contributed by atoms with Crippen LogP contribution in [0.2, 0.25) is 6.04 Å². The summed E-state index contributed by atoms with van der Waals surface area (Å²) in [5.74, 6) is 0. The molecule has 0 aliphatic rings. The molecule has 26 heavy (non-hydrogen) atoms. The standard InChI is InChI=1S/C21H45IO3Si/c1-23-26(24-2,25-3)21-19-17-15-13-11-9-7-5-4-6-8-10-12-14-16-18-20-22/h4-21H2,1-3H3. The van der Waals surface area contributed by atoms with Crippen molar-refractivity contribution in [2.45, 2.75) is 109 Å². The lowest BCUT2D eigenvalue weighted by atomic mass is 10.0. The molecule has 0 radical (unpaired) electrons. The number of unbranched alkanes of at least 4 members (excludes halogenated alkanes) is 15. The predicted octanol–water partition coefficient (Wildman–Crippen LogP) is 7.54. The Labute approximate surface area is 178 Å². The van der Waals surface area contributed by atoms with E-state index in [0.29, 0.717) is 0 Å². The van der Waals surface area contributed by atoms with E-state index in [9.17, 15) is 0 Å². The summed E-state index contributed by atoms with van der Waals surface area (Å²) in [6.45, 7) is 0. The summed E-state index contributed by atoms with van der Waals surface area (Å²) in [5, 5.41) is 0. The first-order valence-electron chi connectivity index (χ1n) is 11.0. The van der Waals surface area contributed by atoms with E-state index in [4.69, 9.17) is 13.3 Å².